The smallest absolute Gasteiger partial charge is 0.118 e. The van der Waals surface area contributed by atoms with Crippen molar-refractivity contribution in [3.05, 3.63) is 59.1 Å². The van der Waals surface area contributed by atoms with Crippen LogP contribution >= 0.6 is 11.6 Å². The lowest BCUT2D eigenvalue weighted by atomic mass is 10.1. The lowest BCUT2D eigenvalue weighted by Gasteiger charge is -2.37. The predicted octanol–water partition coefficient (Wildman–Crippen LogP) is 3.20. The summed E-state index contributed by atoms with van der Waals surface area (Å²) in [5.41, 5.74) is 2.01. The fourth-order valence-electron chi connectivity index (χ4n) is 3.06. The minimum atomic E-state index is -0.484. The molecular formula is C19H23ClN2O2. The second-order valence-corrected chi connectivity index (χ2v) is 6.44. The molecule has 0 aromatic heterocycles. The van der Waals surface area contributed by atoms with Crippen LogP contribution in [0.15, 0.2) is 48.5 Å². The highest BCUT2D eigenvalue weighted by Crippen LogP contribution is 2.26. The van der Waals surface area contributed by atoms with Crippen molar-refractivity contribution >= 4 is 17.3 Å². The normalized spacial score (nSPS) is 16.9. The number of aliphatic hydroxyl groups excluding tert-OH is 1. The Morgan fingerprint density at radius 3 is 2.33 bits per heavy atom. The van der Waals surface area contributed by atoms with E-state index in [1.807, 2.05) is 42.5 Å². The molecule has 1 heterocycles. The highest BCUT2D eigenvalue weighted by atomic mass is 35.5. The van der Waals surface area contributed by atoms with Crippen LogP contribution in [-0.2, 0) is 0 Å². The van der Waals surface area contributed by atoms with E-state index >= 15 is 0 Å². The van der Waals surface area contributed by atoms with Crippen molar-refractivity contribution in [2.24, 2.45) is 0 Å². The van der Waals surface area contributed by atoms with Crippen molar-refractivity contribution in [1.82, 2.24) is 4.90 Å². The highest BCUT2D eigenvalue weighted by molar-refractivity contribution is 6.33. The molecule has 3 rings (SSSR count). The fraction of sp³-hybridized carbons (Fsp3) is 0.368. The van der Waals surface area contributed by atoms with Crippen LogP contribution < -0.4 is 9.64 Å². The summed E-state index contributed by atoms with van der Waals surface area (Å²) in [5, 5.41) is 11.2. The van der Waals surface area contributed by atoms with Gasteiger partial charge in [0, 0.05) is 32.7 Å². The van der Waals surface area contributed by atoms with Gasteiger partial charge in [0.2, 0.25) is 0 Å². The average molecular weight is 347 g/mol. The van der Waals surface area contributed by atoms with Crippen molar-refractivity contribution in [2.45, 2.75) is 6.10 Å². The van der Waals surface area contributed by atoms with Gasteiger partial charge in [-0.05, 0) is 29.8 Å². The first-order chi connectivity index (χ1) is 11.7. The maximum atomic E-state index is 10.4. The summed E-state index contributed by atoms with van der Waals surface area (Å²) in [4.78, 5) is 4.60. The number of para-hydroxylation sites is 1. The maximum absolute atomic E-state index is 10.4. The van der Waals surface area contributed by atoms with Gasteiger partial charge in [-0.3, -0.25) is 4.90 Å². The van der Waals surface area contributed by atoms with E-state index < -0.39 is 6.10 Å². The van der Waals surface area contributed by atoms with Gasteiger partial charge in [0.25, 0.3) is 0 Å². The van der Waals surface area contributed by atoms with E-state index in [9.17, 15) is 5.11 Å². The molecule has 2 aromatic carbocycles. The van der Waals surface area contributed by atoms with Crippen molar-refractivity contribution in [1.29, 1.82) is 0 Å². The van der Waals surface area contributed by atoms with Crippen LogP contribution in [0, 0.1) is 0 Å². The Balaban J connectivity index is 1.54. The number of aliphatic hydroxyl groups is 1. The van der Waals surface area contributed by atoms with Crippen molar-refractivity contribution < 1.29 is 9.84 Å². The first-order valence-electron chi connectivity index (χ1n) is 8.21. The maximum Gasteiger partial charge on any atom is 0.118 e. The van der Waals surface area contributed by atoms with Gasteiger partial charge in [-0.2, -0.15) is 0 Å². The molecule has 5 heteroatoms. The number of β-amino-alcohol motifs (C(OH)–C–C–N with tert-alkyl or cyclic N) is 1. The molecule has 1 atom stereocenters. The predicted molar refractivity (Wildman–Crippen MR) is 98.1 cm³/mol. The number of anilines is 1. The molecule has 0 bridgehead atoms. The molecule has 1 aliphatic rings. The summed E-state index contributed by atoms with van der Waals surface area (Å²) in [6, 6.07) is 15.6. The summed E-state index contributed by atoms with van der Waals surface area (Å²) in [6.07, 6.45) is -0.484. The van der Waals surface area contributed by atoms with Gasteiger partial charge in [-0.15, -0.1) is 0 Å². The topological polar surface area (TPSA) is 35.9 Å². The molecule has 0 spiro atoms. The van der Waals surface area contributed by atoms with E-state index in [1.54, 1.807) is 7.11 Å². The van der Waals surface area contributed by atoms with Gasteiger partial charge < -0.3 is 14.7 Å². The zero-order chi connectivity index (χ0) is 16.9. The van der Waals surface area contributed by atoms with Crippen LogP contribution in [-0.4, -0.2) is 49.8 Å². The second kappa shape index (κ2) is 7.88. The number of ether oxygens (including phenoxy) is 1. The van der Waals surface area contributed by atoms with E-state index in [0.29, 0.717) is 6.54 Å². The Labute approximate surface area is 148 Å². The van der Waals surface area contributed by atoms with Gasteiger partial charge in [-0.1, -0.05) is 35.9 Å². The number of hydrogen-bond donors (Lipinski definition) is 1. The Kier molecular flexibility index (Phi) is 5.61. The molecule has 0 aliphatic carbocycles. The van der Waals surface area contributed by atoms with Gasteiger partial charge in [0.15, 0.2) is 0 Å². The zero-order valence-electron chi connectivity index (χ0n) is 13.9. The van der Waals surface area contributed by atoms with E-state index in [1.165, 1.54) is 0 Å². The summed E-state index contributed by atoms with van der Waals surface area (Å²) in [5.74, 6) is 0.805. The molecule has 0 unspecified atom stereocenters. The molecule has 0 radical (unpaired) electrons. The Hall–Kier alpha value is -1.75. The Morgan fingerprint density at radius 2 is 1.71 bits per heavy atom. The minimum Gasteiger partial charge on any atom is -0.497 e. The van der Waals surface area contributed by atoms with Crippen LogP contribution in [0.5, 0.6) is 5.75 Å². The van der Waals surface area contributed by atoms with Crippen LogP contribution in [0.2, 0.25) is 5.02 Å². The Bertz CT molecular complexity index is 655. The standard InChI is InChI=1S/C19H23ClN2O2/c1-24-16-8-6-15(7-9-16)19(23)14-21-10-12-22(13-11-21)18-5-3-2-4-17(18)20/h2-9,19,23H,10-14H2,1H3/t19-/m0/s1. The van der Waals surface area contributed by atoms with E-state index in [2.05, 4.69) is 15.9 Å². The van der Waals surface area contributed by atoms with Crippen LogP contribution in [0.4, 0.5) is 5.69 Å². The number of benzene rings is 2. The van der Waals surface area contributed by atoms with E-state index in [-0.39, 0.29) is 0 Å². The molecule has 2 aromatic rings. The lowest BCUT2D eigenvalue weighted by molar-refractivity contribution is 0.109. The molecule has 0 amide bonds. The number of rotatable bonds is 5. The molecule has 128 valence electrons. The quantitative estimate of drug-likeness (QED) is 0.902. The van der Waals surface area contributed by atoms with Gasteiger partial charge in [-0.25, -0.2) is 0 Å². The molecule has 1 saturated heterocycles. The van der Waals surface area contributed by atoms with Crippen molar-refractivity contribution in [2.75, 3.05) is 44.7 Å². The number of nitrogens with zero attached hydrogens (tertiary/aromatic N) is 2. The molecule has 0 saturated carbocycles. The highest BCUT2D eigenvalue weighted by Gasteiger charge is 2.21. The summed E-state index contributed by atoms with van der Waals surface area (Å²) in [6.45, 7) is 4.30. The summed E-state index contributed by atoms with van der Waals surface area (Å²) >= 11 is 6.28. The molecule has 1 aliphatic heterocycles. The van der Waals surface area contributed by atoms with E-state index in [0.717, 1.165) is 48.2 Å². The fourth-order valence-corrected chi connectivity index (χ4v) is 3.31. The van der Waals surface area contributed by atoms with Crippen LogP contribution in [0.25, 0.3) is 0 Å². The lowest BCUT2D eigenvalue weighted by Crippen LogP contribution is -2.47. The molecule has 1 fully saturated rings. The molecule has 4 nitrogen and oxygen atoms in total. The minimum absolute atomic E-state index is 0.484. The van der Waals surface area contributed by atoms with Gasteiger partial charge >= 0.3 is 0 Å². The first kappa shape index (κ1) is 17.1. The van der Waals surface area contributed by atoms with Crippen molar-refractivity contribution in [3.8, 4) is 5.75 Å². The molecule has 24 heavy (non-hydrogen) atoms. The molecule has 1 N–H and O–H groups in total. The number of methoxy groups -OCH3 is 1. The third kappa shape index (κ3) is 4.01. The summed E-state index contributed by atoms with van der Waals surface area (Å²) < 4.78 is 5.15. The van der Waals surface area contributed by atoms with E-state index in [4.69, 9.17) is 16.3 Å². The number of hydrogen-bond acceptors (Lipinski definition) is 4. The Morgan fingerprint density at radius 1 is 1.04 bits per heavy atom. The van der Waals surface area contributed by atoms with Gasteiger partial charge in [0.05, 0.1) is 23.9 Å². The molecular weight excluding hydrogens is 324 g/mol. The largest absolute Gasteiger partial charge is 0.497 e. The second-order valence-electron chi connectivity index (χ2n) is 6.03. The third-order valence-electron chi connectivity index (χ3n) is 4.50. The monoisotopic (exact) mass is 346 g/mol. The SMILES string of the molecule is COc1ccc([C@@H](O)CN2CCN(c3ccccc3Cl)CC2)cc1. The van der Waals surface area contributed by atoms with Crippen LogP contribution in [0.3, 0.4) is 0 Å². The number of piperazine rings is 1. The summed E-state index contributed by atoms with van der Waals surface area (Å²) in [7, 11) is 1.64. The number of halogens is 1. The zero-order valence-corrected chi connectivity index (χ0v) is 14.6. The first-order valence-corrected chi connectivity index (χ1v) is 8.59. The van der Waals surface area contributed by atoms with Crippen LogP contribution in [0.1, 0.15) is 11.7 Å². The van der Waals surface area contributed by atoms with Crippen molar-refractivity contribution in [3.63, 3.8) is 0 Å². The third-order valence-corrected chi connectivity index (χ3v) is 4.82. The van der Waals surface area contributed by atoms with Gasteiger partial charge in [0.1, 0.15) is 5.75 Å². The average Bonchev–Trinajstić information content (AvgIpc) is 2.63.